The number of nitrogens with zero attached hydrogens (tertiary/aromatic N) is 9. The van der Waals surface area contributed by atoms with Gasteiger partial charge >= 0.3 is 0 Å². The van der Waals surface area contributed by atoms with Gasteiger partial charge in [0.2, 0.25) is 5.91 Å². The first-order valence-electron chi connectivity index (χ1n) is 51.3. The molecule has 5 saturated carbocycles. The van der Waals surface area contributed by atoms with Gasteiger partial charge in [0.25, 0.3) is 0 Å². The number of carbonyl (C=O) groups excluding carboxylic acids is 1. The van der Waals surface area contributed by atoms with Gasteiger partial charge in [-0.25, -0.2) is 0 Å². The van der Waals surface area contributed by atoms with E-state index in [9.17, 15) is 4.79 Å². The monoisotopic (exact) mass is 1840 g/mol. The normalized spacial score (nSPS) is 26.0. The van der Waals surface area contributed by atoms with Crippen LogP contribution in [0.2, 0.25) is 0 Å². The average molecular weight is 1840 g/mol. The van der Waals surface area contributed by atoms with E-state index >= 15 is 0 Å². The van der Waals surface area contributed by atoms with Gasteiger partial charge in [-0.3, -0.25) is 34.2 Å². The van der Waals surface area contributed by atoms with Gasteiger partial charge in [-0.15, -0.1) is 0 Å². The molecule has 0 bridgehead atoms. The molecule has 1 amide bonds. The Morgan fingerprint density at radius 1 is 0.321 bits per heavy atom. The quantitative estimate of drug-likeness (QED) is 0.0514. The van der Waals surface area contributed by atoms with Gasteiger partial charge < -0.3 is 30.0 Å². The topological polar surface area (TPSA) is 89.8 Å². The average Bonchev–Trinajstić information content (AvgIpc) is 1.69. The third-order valence-corrected chi connectivity index (χ3v) is 34.7. The van der Waals surface area contributed by atoms with E-state index in [1.807, 2.05) is 11.9 Å². The van der Waals surface area contributed by atoms with E-state index in [1.54, 1.807) is 6.92 Å². The number of H-pyrrole nitrogens is 2. The van der Waals surface area contributed by atoms with E-state index in [-0.39, 0.29) is 50.1 Å². The standard InChI is InChI=1S/C26H33N3O.C26H34N2.C25H33N3.C24H34N2.C23H32N2/c1-19-22-13-9-10-14-23(22)27-24(19)26(29(5)20(2)30)17-15-25(16-18-26,28(3)4)21-11-7-6-8-12-21;1-25(20-27-19-21-17-22-9-7-8-10-23(22)18-21)13-15-26(16-14-25,28(2)3)24-11-5-4-6-12-24;1-19-21-13-9-10-14-22(21)26-23(19)25(28(4)5)17-15-24(16-18-25,27(2)3)20-11-7-6-8-12-20;1-25(2)20-23(19-21-11-7-5-8-12-21)15-17-24(18-16-23,26(3)4)22-13-9-6-10-14-22;1-24(2)19-22(20-11-7-5-8-12-20)15-17-23(18-16-22,25(3)4)21-13-9-6-10-14-21/h6-14,27H,15-18H2,1-5H3;4-12,17,27H,13-16,18-20H2,1-3H3;6-14,26H,15-18H2,1-5H3;5-14H,15-20H2,1-4H3;5-14H,15-19H2,1-4H3. The van der Waals surface area contributed by atoms with Crippen molar-refractivity contribution in [2.45, 2.75) is 213 Å². The molecule has 0 radical (unpaired) electrons. The fraction of sp³-hybridized carbons (Fsp3) is 0.460. The van der Waals surface area contributed by atoms with E-state index in [1.165, 1.54) is 184 Å². The summed E-state index contributed by atoms with van der Waals surface area (Å²) < 4.78 is 0. The molecule has 6 aliphatic rings. The van der Waals surface area contributed by atoms with Gasteiger partial charge in [-0.2, -0.15) is 0 Å². The number of hydrogen-bond acceptors (Lipinski definition) is 10. The Morgan fingerprint density at radius 3 is 0.971 bits per heavy atom. The maximum Gasteiger partial charge on any atom is 0.219 e. The molecular weight excluding hydrogens is 1670 g/mol. The Kier molecular flexibility index (Phi) is 33.3. The summed E-state index contributed by atoms with van der Waals surface area (Å²) in [5, 5.41) is 6.39. The number of carbonyl (C=O) groups is 1. The summed E-state index contributed by atoms with van der Waals surface area (Å²) in [5.41, 5.74) is 23.7. The first kappa shape index (κ1) is 103. The molecule has 6 aliphatic carbocycles. The van der Waals surface area contributed by atoms with Crippen molar-refractivity contribution in [3.8, 4) is 0 Å². The molecule has 728 valence electrons. The summed E-state index contributed by atoms with van der Waals surface area (Å²) >= 11 is 0. The largest absolute Gasteiger partial charge is 0.357 e. The lowest BCUT2D eigenvalue weighted by Gasteiger charge is -2.53. The molecule has 0 unspecified atom stereocenters. The van der Waals surface area contributed by atoms with Crippen molar-refractivity contribution in [1.82, 2.24) is 59.4 Å². The molecule has 2 heterocycles. The Morgan fingerprint density at radius 2 is 0.620 bits per heavy atom. The summed E-state index contributed by atoms with van der Waals surface area (Å²) in [6.07, 6.45) is 27.9. The number of fused-ring (bicyclic) bond motifs is 3. The van der Waals surface area contributed by atoms with E-state index < -0.39 is 0 Å². The highest BCUT2D eigenvalue weighted by atomic mass is 16.2. The molecule has 137 heavy (non-hydrogen) atoms. The van der Waals surface area contributed by atoms with Crippen LogP contribution in [0.15, 0.2) is 291 Å². The lowest BCUT2D eigenvalue weighted by Crippen LogP contribution is -2.54. The number of aryl methyl sites for hydroxylation is 2. The number of rotatable bonds is 25. The number of hydrogen-bond donors (Lipinski definition) is 3. The van der Waals surface area contributed by atoms with Crippen LogP contribution in [0.5, 0.6) is 0 Å². The van der Waals surface area contributed by atoms with Gasteiger partial charge in [-0.05, 0) is 352 Å². The highest BCUT2D eigenvalue weighted by Gasteiger charge is 2.53. The lowest BCUT2D eigenvalue weighted by atomic mass is 9.62. The molecule has 0 spiro atoms. The fourth-order valence-corrected chi connectivity index (χ4v) is 26.1. The molecule has 0 saturated heterocycles. The van der Waals surface area contributed by atoms with Gasteiger partial charge in [0.15, 0.2) is 0 Å². The molecule has 13 nitrogen and oxygen atoms in total. The van der Waals surface area contributed by atoms with Gasteiger partial charge in [0, 0.05) is 106 Å². The summed E-state index contributed by atoms with van der Waals surface area (Å²) in [6.45, 7) is 13.0. The van der Waals surface area contributed by atoms with Crippen LogP contribution in [-0.4, -0.2) is 206 Å². The van der Waals surface area contributed by atoms with Crippen molar-refractivity contribution in [1.29, 1.82) is 0 Å². The number of likely N-dealkylation sites (N-methyl/N-ethyl adjacent to an activating group) is 1. The van der Waals surface area contributed by atoms with Gasteiger partial charge in [0.1, 0.15) is 0 Å². The third-order valence-electron chi connectivity index (χ3n) is 34.7. The van der Waals surface area contributed by atoms with Crippen molar-refractivity contribution < 1.29 is 4.79 Å². The van der Waals surface area contributed by atoms with E-state index in [0.717, 1.165) is 82.9 Å². The summed E-state index contributed by atoms with van der Waals surface area (Å²) in [5.74, 6) is 0.116. The number of amides is 1. The fourth-order valence-electron chi connectivity index (χ4n) is 26.1. The molecule has 12 aromatic rings. The van der Waals surface area contributed by atoms with E-state index in [4.69, 9.17) is 0 Å². The van der Waals surface area contributed by atoms with Crippen LogP contribution in [0.1, 0.15) is 215 Å². The minimum Gasteiger partial charge on any atom is -0.357 e. The van der Waals surface area contributed by atoms with Crippen LogP contribution in [-0.2, 0) is 61.8 Å². The summed E-state index contributed by atoms with van der Waals surface area (Å²) in [7, 11) is 37.6. The molecule has 3 N–H and O–H groups in total. The van der Waals surface area contributed by atoms with Crippen LogP contribution in [0.4, 0.5) is 0 Å². The van der Waals surface area contributed by atoms with E-state index in [2.05, 4.69) is 479 Å². The van der Waals surface area contributed by atoms with Crippen molar-refractivity contribution in [3.05, 3.63) is 363 Å². The van der Waals surface area contributed by atoms with Gasteiger partial charge in [0.05, 0.1) is 11.1 Å². The molecule has 0 atom stereocenters. The van der Waals surface area contributed by atoms with Crippen LogP contribution < -0.4 is 5.32 Å². The highest BCUT2D eigenvalue weighted by Crippen LogP contribution is 2.57. The zero-order chi connectivity index (χ0) is 97.6. The zero-order valence-corrected chi connectivity index (χ0v) is 87.5. The maximum atomic E-state index is 12.6. The zero-order valence-electron chi connectivity index (χ0n) is 87.5. The molecular formula is C124H166N12O. The minimum absolute atomic E-state index is 0.0116. The van der Waals surface area contributed by atoms with Crippen LogP contribution in [0.25, 0.3) is 27.9 Å². The molecule has 13 heteroatoms. The predicted molar refractivity (Wildman–Crippen MR) is 580 cm³/mol. The summed E-state index contributed by atoms with van der Waals surface area (Å²) in [4.78, 5) is 41.5. The number of nitrogens with one attached hydrogen (secondary N) is 3. The number of para-hydroxylation sites is 2. The Balaban J connectivity index is 0.000000137. The Bertz CT molecular complexity index is 5790. The molecule has 18 rings (SSSR count). The Hall–Kier alpha value is -9.87. The highest BCUT2D eigenvalue weighted by molar-refractivity contribution is 5.86. The van der Waals surface area contributed by atoms with Crippen LogP contribution in [0.3, 0.4) is 0 Å². The van der Waals surface area contributed by atoms with Crippen molar-refractivity contribution >= 4 is 33.8 Å². The molecule has 5 fully saturated rings. The number of aromatic amines is 2. The van der Waals surface area contributed by atoms with E-state index in [0.29, 0.717) is 10.8 Å². The lowest BCUT2D eigenvalue weighted by molar-refractivity contribution is -0.137. The SMILES string of the molecule is CC(=O)N(C)C1(c2[nH]c3ccccc3c2C)CCC(c2ccccc2)(N(C)C)CC1.CN(C)C1(c2ccccc2)CCC(C)(CNCC2=Cc3ccccc3C2)CC1.CN(C)CC1(Cc2ccccc2)CCC(c2ccccc2)(N(C)C)CC1.CN(C)CC1(c2ccccc2)CCC(c2ccccc2)(N(C)C)CC1.Cc1c(C2(N(C)C)CCC(c3ccccc3)(N(C)C)CC2)[nH]c2ccccc12. The predicted octanol–water partition coefficient (Wildman–Crippen LogP) is 25.0. The number of benzene rings is 10. The van der Waals surface area contributed by atoms with Crippen LogP contribution >= 0.6 is 0 Å². The van der Waals surface area contributed by atoms with Gasteiger partial charge in [-0.1, -0.05) is 292 Å². The van der Waals surface area contributed by atoms with Crippen LogP contribution in [0, 0.1) is 24.7 Å². The summed E-state index contributed by atoms with van der Waals surface area (Å²) in [6, 6.07) is 103. The minimum atomic E-state index is -0.316. The third kappa shape index (κ3) is 22.0. The second kappa shape index (κ2) is 44.3. The molecule has 0 aliphatic heterocycles. The molecule has 10 aromatic carbocycles. The van der Waals surface area contributed by atoms with Crippen molar-refractivity contribution in [3.63, 3.8) is 0 Å². The second-order valence-electron chi connectivity index (χ2n) is 44.2. The second-order valence-corrected chi connectivity index (χ2v) is 44.2. The first-order valence-corrected chi connectivity index (χ1v) is 51.3. The number of aromatic nitrogens is 2. The Labute approximate surface area is 825 Å². The first-order chi connectivity index (χ1) is 65.7. The van der Waals surface area contributed by atoms with Crippen molar-refractivity contribution in [2.75, 3.05) is 146 Å². The maximum absolute atomic E-state index is 12.6. The smallest absolute Gasteiger partial charge is 0.219 e. The van der Waals surface area contributed by atoms with Crippen molar-refractivity contribution in [2.24, 2.45) is 10.8 Å². The molecule has 2 aromatic heterocycles.